The monoisotopic (exact) mass is 588 g/mol. The predicted molar refractivity (Wildman–Crippen MR) is 163 cm³/mol. The highest BCUT2D eigenvalue weighted by atomic mass is 16.3. The molecule has 0 heterocycles. The zero-order valence-electron chi connectivity index (χ0n) is 25.2. The number of aliphatic hydroxyl groups is 2. The minimum absolute atomic E-state index is 0.0572. The molecule has 2 aromatic carbocycles. The number of fused-ring (bicyclic) bond motifs is 3. The second-order valence-electron chi connectivity index (χ2n) is 12.9. The largest absolute Gasteiger partial charge is 0.511 e. The van der Waals surface area contributed by atoms with Gasteiger partial charge in [0.2, 0.25) is 0 Å². The van der Waals surface area contributed by atoms with Crippen LogP contribution in [0.1, 0.15) is 40.4 Å². The zero-order valence-corrected chi connectivity index (χ0v) is 25.2. The Morgan fingerprint density at radius 2 is 1.67 bits per heavy atom. The number of nitrogens with zero attached hydrogens (tertiary/aromatic N) is 2. The van der Waals surface area contributed by atoms with Crippen molar-refractivity contribution in [2.75, 3.05) is 33.1 Å². The quantitative estimate of drug-likeness (QED) is 0.305. The van der Waals surface area contributed by atoms with Crippen molar-refractivity contribution in [1.29, 1.82) is 0 Å². The van der Waals surface area contributed by atoms with Gasteiger partial charge in [0.1, 0.15) is 22.8 Å². The van der Waals surface area contributed by atoms with Crippen LogP contribution in [0.3, 0.4) is 0 Å². The molecular formula is C33H40N4O6. The molecule has 43 heavy (non-hydrogen) atoms. The topological polar surface area (TPSA) is 170 Å². The number of aromatic hydroxyl groups is 1. The number of ketones is 2. The summed E-state index contributed by atoms with van der Waals surface area (Å²) in [5.74, 6) is -5.77. The van der Waals surface area contributed by atoms with Crippen LogP contribution in [0.15, 0.2) is 59.1 Å². The van der Waals surface area contributed by atoms with Crippen LogP contribution in [0.4, 0.5) is 5.69 Å². The molecule has 228 valence electrons. The van der Waals surface area contributed by atoms with Crippen LogP contribution in [0.25, 0.3) is 0 Å². The number of nitrogens with two attached hydrogens (primary N) is 2. The number of phenolic OH excluding ortho intramolecular Hbond substituents is 1. The van der Waals surface area contributed by atoms with Crippen molar-refractivity contribution in [2.24, 2.45) is 29.2 Å². The average molecular weight is 589 g/mol. The maximum atomic E-state index is 14.2. The van der Waals surface area contributed by atoms with Gasteiger partial charge in [0.15, 0.2) is 11.6 Å². The first kappa shape index (κ1) is 30.3. The molecule has 10 heteroatoms. The van der Waals surface area contributed by atoms with Gasteiger partial charge >= 0.3 is 0 Å². The third kappa shape index (κ3) is 5.08. The van der Waals surface area contributed by atoms with Gasteiger partial charge in [-0.05, 0) is 81.3 Å². The Kier molecular flexibility index (Phi) is 7.64. The third-order valence-electron chi connectivity index (χ3n) is 9.15. The van der Waals surface area contributed by atoms with E-state index in [1.807, 2.05) is 62.3 Å². The van der Waals surface area contributed by atoms with Crippen molar-refractivity contribution in [3.63, 3.8) is 0 Å². The number of likely N-dealkylation sites (N-methyl/N-ethyl adjacent to an activating group) is 1. The Morgan fingerprint density at radius 1 is 1.02 bits per heavy atom. The summed E-state index contributed by atoms with van der Waals surface area (Å²) in [6.45, 7) is 1.90. The average Bonchev–Trinajstić information content (AvgIpc) is 2.89. The van der Waals surface area contributed by atoms with E-state index >= 15 is 0 Å². The molecule has 3 aliphatic carbocycles. The number of anilines is 1. The normalized spacial score (nSPS) is 24.8. The predicted octanol–water partition coefficient (Wildman–Crippen LogP) is 2.57. The van der Waals surface area contributed by atoms with Crippen LogP contribution in [0.2, 0.25) is 0 Å². The number of rotatable bonds is 7. The Morgan fingerprint density at radius 3 is 2.26 bits per heavy atom. The lowest BCUT2D eigenvalue weighted by Crippen LogP contribution is -2.53. The number of amides is 1. The molecule has 5 atom stereocenters. The van der Waals surface area contributed by atoms with Crippen LogP contribution in [-0.4, -0.2) is 77.5 Å². The van der Waals surface area contributed by atoms with Crippen LogP contribution < -0.4 is 16.4 Å². The van der Waals surface area contributed by atoms with Gasteiger partial charge in [0.25, 0.3) is 5.91 Å². The van der Waals surface area contributed by atoms with Gasteiger partial charge in [-0.3, -0.25) is 19.3 Å². The summed E-state index contributed by atoms with van der Waals surface area (Å²) < 4.78 is 0. The molecule has 0 aliphatic heterocycles. The Bertz CT molecular complexity index is 1570. The first-order valence-electron chi connectivity index (χ1n) is 14.4. The lowest BCUT2D eigenvalue weighted by molar-refractivity contribution is -0.127. The highest BCUT2D eigenvalue weighted by Gasteiger charge is 2.54. The number of primary amides is 1. The van der Waals surface area contributed by atoms with Gasteiger partial charge in [-0.15, -0.1) is 0 Å². The van der Waals surface area contributed by atoms with E-state index in [2.05, 4.69) is 0 Å². The van der Waals surface area contributed by atoms with Crippen molar-refractivity contribution in [3.8, 4) is 5.75 Å². The van der Waals surface area contributed by atoms with E-state index in [1.54, 1.807) is 19.0 Å². The fourth-order valence-electron chi connectivity index (χ4n) is 7.46. The summed E-state index contributed by atoms with van der Waals surface area (Å²) >= 11 is 0. The second-order valence-corrected chi connectivity index (χ2v) is 12.9. The molecule has 0 radical (unpaired) electrons. The smallest absolute Gasteiger partial charge is 0.255 e. The number of carbonyl (C=O) groups excluding carboxylic acids is 3. The number of hydrogen-bond acceptors (Lipinski definition) is 9. The van der Waals surface area contributed by atoms with Gasteiger partial charge in [0, 0.05) is 30.9 Å². The third-order valence-corrected chi connectivity index (χ3v) is 9.15. The van der Waals surface area contributed by atoms with Crippen LogP contribution >= 0.6 is 0 Å². The molecule has 7 N–H and O–H groups in total. The Balaban J connectivity index is 1.61. The lowest BCUT2D eigenvalue weighted by atomic mass is 9.60. The van der Waals surface area contributed by atoms with Crippen LogP contribution in [0.5, 0.6) is 5.75 Å². The van der Waals surface area contributed by atoms with Crippen LogP contribution in [0, 0.1) is 17.8 Å². The zero-order chi connectivity index (χ0) is 31.5. The van der Waals surface area contributed by atoms with E-state index in [-0.39, 0.29) is 23.3 Å². The minimum Gasteiger partial charge on any atom is -0.511 e. The van der Waals surface area contributed by atoms with Crippen molar-refractivity contribution < 1.29 is 29.7 Å². The molecule has 10 nitrogen and oxygen atoms in total. The van der Waals surface area contributed by atoms with Gasteiger partial charge in [-0.2, -0.15) is 0 Å². The van der Waals surface area contributed by atoms with Crippen molar-refractivity contribution >= 4 is 23.2 Å². The van der Waals surface area contributed by atoms with E-state index in [1.165, 1.54) is 0 Å². The lowest BCUT2D eigenvalue weighted by Gasteiger charge is -2.46. The fourth-order valence-corrected chi connectivity index (χ4v) is 7.46. The molecule has 0 spiro atoms. The molecule has 0 bridgehead atoms. The van der Waals surface area contributed by atoms with E-state index in [9.17, 15) is 29.7 Å². The SMILES string of the molecule is CN(C)c1cc(CC(C)(N)Cc2ccccc2)c(O)c2c1CC1CC3C(C(=O)C(C(N)=O)=C(O)[C@H]3N(C)C)C(O)=C1C2=O. The summed E-state index contributed by atoms with van der Waals surface area (Å²) in [6, 6.07) is 10.9. The number of carbonyl (C=O) groups is 3. The first-order chi connectivity index (χ1) is 20.1. The number of allylic oxidation sites excluding steroid dienone is 2. The van der Waals surface area contributed by atoms with Crippen molar-refractivity contribution in [2.45, 2.75) is 44.2 Å². The standard InChI is InChI=1S/C33H40N4O6/c1-33(35,14-16-9-7-6-8-10-16)15-18-13-21(36(2)3)19-11-17-12-20-24(29(40)22(17)28(39)23(19)27(18)38)30(41)25(32(34)43)31(42)26(20)37(4)5/h6-10,13,17,20,24,26,38,40,42H,11-12,14-15,35H2,1-5H3,(H2,34,43)/t17?,20?,24?,26-,33?/m0/s1. The summed E-state index contributed by atoms with van der Waals surface area (Å²) in [7, 11) is 7.14. The molecular weight excluding hydrogens is 548 g/mol. The van der Waals surface area contributed by atoms with E-state index in [0.29, 0.717) is 30.4 Å². The maximum Gasteiger partial charge on any atom is 0.255 e. The molecule has 2 aromatic rings. The van der Waals surface area contributed by atoms with Gasteiger partial charge in [0.05, 0.1) is 17.5 Å². The van der Waals surface area contributed by atoms with Crippen LogP contribution in [-0.2, 0) is 28.9 Å². The molecule has 5 rings (SSSR count). The van der Waals surface area contributed by atoms with Gasteiger partial charge < -0.3 is 31.7 Å². The van der Waals surface area contributed by atoms with Gasteiger partial charge in [-0.25, -0.2) is 0 Å². The number of benzene rings is 2. The molecule has 0 fully saturated rings. The number of phenols is 1. The molecule has 0 saturated carbocycles. The van der Waals surface area contributed by atoms with E-state index in [0.717, 1.165) is 11.3 Å². The Hall–Kier alpha value is -4.15. The molecule has 4 unspecified atom stereocenters. The molecule has 1 amide bonds. The number of aliphatic hydroxyl groups excluding tert-OH is 2. The summed E-state index contributed by atoms with van der Waals surface area (Å²) in [4.78, 5) is 43.5. The first-order valence-corrected chi connectivity index (χ1v) is 14.4. The summed E-state index contributed by atoms with van der Waals surface area (Å²) in [6.07, 6.45) is 1.46. The van der Waals surface area contributed by atoms with Gasteiger partial charge in [-0.1, -0.05) is 30.3 Å². The van der Waals surface area contributed by atoms with Crippen molar-refractivity contribution in [3.05, 3.63) is 81.3 Å². The van der Waals surface area contributed by atoms with Crippen molar-refractivity contribution in [1.82, 2.24) is 4.90 Å². The van der Waals surface area contributed by atoms with E-state index in [4.69, 9.17) is 11.5 Å². The number of Topliss-reactive ketones (excluding diaryl/α,β-unsaturated/α-hetero) is 2. The second kappa shape index (κ2) is 10.8. The van der Waals surface area contributed by atoms with E-state index < -0.39 is 63.9 Å². The highest BCUT2D eigenvalue weighted by Crippen LogP contribution is 2.52. The molecule has 3 aliphatic rings. The highest BCUT2D eigenvalue weighted by molar-refractivity contribution is 6.22. The summed E-state index contributed by atoms with van der Waals surface area (Å²) in [5, 5.41) is 34.1. The fraction of sp³-hybridized carbons (Fsp3) is 0.424. The molecule has 0 saturated heterocycles. The Labute approximate surface area is 251 Å². The summed E-state index contributed by atoms with van der Waals surface area (Å²) in [5.41, 5.74) is 14.0. The molecule has 0 aromatic heterocycles. The number of hydrogen-bond donors (Lipinski definition) is 5. The minimum atomic E-state index is -1.22. The maximum absolute atomic E-state index is 14.2.